The van der Waals surface area contributed by atoms with Crippen LogP contribution in [0.4, 0.5) is 4.79 Å². The molecule has 7 heteroatoms. The highest BCUT2D eigenvalue weighted by molar-refractivity contribution is 5.97. The maximum absolute atomic E-state index is 12.9. The van der Waals surface area contributed by atoms with Crippen molar-refractivity contribution in [2.75, 3.05) is 13.1 Å². The van der Waals surface area contributed by atoms with Crippen LogP contribution in [0.5, 0.6) is 5.75 Å². The number of hydrogen-bond acceptors (Lipinski definition) is 5. The summed E-state index contributed by atoms with van der Waals surface area (Å²) in [5.41, 5.74) is -0.163. The molecule has 2 aliphatic rings. The third kappa shape index (κ3) is 5.41. The van der Waals surface area contributed by atoms with Crippen molar-refractivity contribution in [1.82, 2.24) is 10.2 Å². The van der Waals surface area contributed by atoms with Crippen LogP contribution in [0, 0.1) is 17.2 Å². The maximum atomic E-state index is 12.9. The zero-order chi connectivity index (χ0) is 21.0. The van der Waals surface area contributed by atoms with E-state index in [9.17, 15) is 14.9 Å². The molecule has 29 heavy (non-hydrogen) atoms. The Morgan fingerprint density at radius 3 is 2.52 bits per heavy atom. The molecule has 1 saturated heterocycles. The summed E-state index contributed by atoms with van der Waals surface area (Å²) < 4.78 is 11.4. The number of likely N-dealkylation sites (tertiary alicyclic amines) is 1. The summed E-state index contributed by atoms with van der Waals surface area (Å²) in [5, 5.41) is 12.4. The number of carbonyl (C=O) groups is 2. The Kier molecular flexibility index (Phi) is 6.31. The van der Waals surface area contributed by atoms with Gasteiger partial charge >= 0.3 is 6.09 Å². The topological polar surface area (TPSA) is 91.7 Å². The molecular formula is C22H29N3O4. The number of hydrogen-bond donors (Lipinski definition) is 1. The van der Waals surface area contributed by atoms with Crippen LogP contribution in [0.1, 0.15) is 56.8 Å². The van der Waals surface area contributed by atoms with E-state index in [1.807, 2.05) is 6.07 Å². The van der Waals surface area contributed by atoms with E-state index in [1.54, 1.807) is 39.0 Å². The van der Waals surface area contributed by atoms with Crippen LogP contribution in [-0.2, 0) is 4.74 Å². The van der Waals surface area contributed by atoms with Crippen molar-refractivity contribution in [3.8, 4) is 11.8 Å². The van der Waals surface area contributed by atoms with Gasteiger partial charge in [-0.3, -0.25) is 4.79 Å². The van der Waals surface area contributed by atoms with Gasteiger partial charge in [0.1, 0.15) is 11.4 Å². The third-order valence-electron chi connectivity index (χ3n) is 5.18. The lowest BCUT2D eigenvalue weighted by Gasteiger charge is -2.24. The normalized spacial score (nSPS) is 22.2. The second-order valence-corrected chi connectivity index (χ2v) is 8.72. The summed E-state index contributed by atoms with van der Waals surface area (Å²) in [4.78, 5) is 26.7. The number of nitrogens with zero attached hydrogens (tertiary/aromatic N) is 2. The molecule has 1 aliphatic carbocycles. The largest absolute Gasteiger partial charge is 0.490 e. The minimum atomic E-state index is -0.614. The summed E-state index contributed by atoms with van der Waals surface area (Å²) in [6.07, 6.45) is 3.96. The van der Waals surface area contributed by atoms with Crippen molar-refractivity contribution >= 4 is 12.0 Å². The minimum absolute atomic E-state index is 0.143. The number of ether oxygens (including phenoxy) is 2. The van der Waals surface area contributed by atoms with Crippen LogP contribution in [0.2, 0.25) is 0 Å². The highest BCUT2D eigenvalue weighted by Crippen LogP contribution is 2.27. The molecule has 2 atom stereocenters. The molecule has 0 spiro atoms. The molecule has 156 valence electrons. The van der Waals surface area contributed by atoms with Crippen molar-refractivity contribution in [2.24, 2.45) is 5.92 Å². The highest BCUT2D eigenvalue weighted by atomic mass is 16.6. The molecule has 1 heterocycles. The van der Waals surface area contributed by atoms with Crippen molar-refractivity contribution in [3.63, 3.8) is 0 Å². The van der Waals surface area contributed by atoms with Crippen molar-refractivity contribution < 1.29 is 19.1 Å². The van der Waals surface area contributed by atoms with Crippen LogP contribution in [0.3, 0.4) is 0 Å². The first kappa shape index (κ1) is 21.0. The minimum Gasteiger partial charge on any atom is -0.490 e. The molecule has 1 aliphatic heterocycles. The molecule has 7 nitrogen and oxygen atoms in total. The molecule has 1 saturated carbocycles. The van der Waals surface area contributed by atoms with Gasteiger partial charge in [-0.05, 0) is 58.6 Å². The number of nitrogens with one attached hydrogen (secondary N) is 1. The Morgan fingerprint density at radius 1 is 1.17 bits per heavy atom. The Bertz CT molecular complexity index is 790. The quantitative estimate of drug-likeness (QED) is 0.837. The number of rotatable bonds is 4. The predicted octanol–water partition coefficient (Wildman–Crippen LogP) is 3.50. The standard InChI is InChI=1S/C22H29N3O4/c1-22(2,3)29-21(27)25-13-15(12-23)18(14-25)24-20(26)17-10-6-7-11-19(17)28-16-8-4-5-9-16/h6-7,10-11,15-16,18H,4-5,8-9,13-14H2,1-3H3,(H,24,26)/t15-,18+/m0/s1. The van der Waals surface area contributed by atoms with E-state index in [0.29, 0.717) is 11.3 Å². The summed E-state index contributed by atoms with van der Waals surface area (Å²) in [6.45, 7) is 5.86. The van der Waals surface area contributed by atoms with Gasteiger partial charge in [0.15, 0.2) is 0 Å². The fourth-order valence-corrected chi connectivity index (χ4v) is 3.75. The summed E-state index contributed by atoms with van der Waals surface area (Å²) in [5.74, 6) is -0.225. The van der Waals surface area contributed by atoms with E-state index in [4.69, 9.17) is 9.47 Å². The van der Waals surface area contributed by atoms with E-state index >= 15 is 0 Å². The number of para-hydroxylation sites is 1. The highest BCUT2D eigenvalue weighted by Gasteiger charge is 2.38. The van der Waals surface area contributed by atoms with Gasteiger partial charge in [-0.1, -0.05) is 12.1 Å². The van der Waals surface area contributed by atoms with Crippen LogP contribution in [0.15, 0.2) is 24.3 Å². The number of nitriles is 1. The Labute approximate surface area is 172 Å². The maximum Gasteiger partial charge on any atom is 0.410 e. The molecule has 1 N–H and O–H groups in total. The number of carbonyl (C=O) groups excluding carboxylic acids is 2. The van der Waals surface area contributed by atoms with Crippen LogP contribution >= 0.6 is 0 Å². The molecule has 3 rings (SSSR count). The first-order valence-corrected chi connectivity index (χ1v) is 10.2. The number of benzene rings is 1. The smallest absolute Gasteiger partial charge is 0.410 e. The molecule has 0 aromatic heterocycles. The molecule has 0 unspecified atom stereocenters. The second-order valence-electron chi connectivity index (χ2n) is 8.72. The molecule has 1 aromatic carbocycles. The molecular weight excluding hydrogens is 370 g/mol. The Morgan fingerprint density at radius 2 is 1.86 bits per heavy atom. The third-order valence-corrected chi connectivity index (χ3v) is 5.18. The van der Waals surface area contributed by atoms with E-state index < -0.39 is 23.7 Å². The van der Waals surface area contributed by atoms with E-state index in [0.717, 1.165) is 25.7 Å². The Balaban J connectivity index is 1.67. The lowest BCUT2D eigenvalue weighted by atomic mass is 10.1. The van der Waals surface area contributed by atoms with Gasteiger partial charge in [0.25, 0.3) is 5.91 Å². The molecule has 2 amide bonds. The lowest BCUT2D eigenvalue weighted by molar-refractivity contribution is 0.0287. The van der Waals surface area contributed by atoms with E-state index in [2.05, 4.69) is 11.4 Å². The van der Waals surface area contributed by atoms with Crippen molar-refractivity contribution in [1.29, 1.82) is 5.26 Å². The first-order chi connectivity index (χ1) is 13.8. The molecule has 2 fully saturated rings. The van der Waals surface area contributed by atoms with Crippen LogP contribution < -0.4 is 10.1 Å². The second kappa shape index (κ2) is 8.73. The van der Waals surface area contributed by atoms with Crippen molar-refractivity contribution in [2.45, 2.75) is 64.2 Å². The molecule has 0 bridgehead atoms. The van der Waals surface area contributed by atoms with E-state index in [1.165, 1.54) is 4.90 Å². The average molecular weight is 399 g/mol. The SMILES string of the molecule is CC(C)(C)OC(=O)N1C[C@H](C#N)[C@H](NC(=O)c2ccccc2OC2CCCC2)C1. The van der Waals surface area contributed by atoms with Gasteiger partial charge in [0.05, 0.1) is 29.7 Å². The summed E-state index contributed by atoms with van der Waals surface area (Å²) >= 11 is 0. The fraction of sp³-hybridized carbons (Fsp3) is 0.591. The molecule has 0 radical (unpaired) electrons. The van der Waals surface area contributed by atoms with Gasteiger partial charge in [-0.2, -0.15) is 5.26 Å². The molecule has 1 aromatic rings. The predicted molar refractivity (Wildman–Crippen MR) is 107 cm³/mol. The van der Waals surface area contributed by atoms with E-state index in [-0.39, 0.29) is 25.1 Å². The average Bonchev–Trinajstić information content (AvgIpc) is 3.30. The van der Waals surface area contributed by atoms with Gasteiger partial charge in [0.2, 0.25) is 0 Å². The van der Waals surface area contributed by atoms with Gasteiger partial charge in [-0.25, -0.2) is 4.79 Å². The zero-order valence-corrected chi connectivity index (χ0v) is 17.3. The van der Waals surface area contributed by atoms with Gasteiger partial charge in [0, 0.05) is 13.1 Å². The monoisotopic (exact) mass is 399 g/mol. The van der Waals surface area contributed by atoms with Crippen molar-refractivity contribution in [3.05, 3.63) is 29.8 Å². The lowest BCUT2D eigenvalue weighted by Crippen LogP contribution is -2.41. The van der Waals surface area contributed by atoms with Gasteiger partial charge < -0.3 is 19.7 Å². The first-order valence-electron chi connectivity index (χ1n) is 10.2. The van der Waals surface area contributed by atoms with Crippen LogP contribution in [0.25, 0.3) is 0 Å². The summed E-state index contributed by atoms with van der Waals surface area (Å²) in [6, 6.07) is 8.90. The number of amides is 2. The van der Waals surface area contributed by atoms with Crippen LogP contribution in [-0.4, -0.2) is 47.7 Å². The zero-order valence-electron chi connectivity index (χ0n) is 17.3. The summed E-state index contributed by atoms with van der Waals surface area (Å²) in [7, 11) is 0. The van der Waals surface area contributed by atoms with Gasteiger partial charge in [-0.15, -0.1) is 0 Å². The fourth-order valence-electron chi connectivity index (χ4n) is 3.75. The Hall–Kier alpha value is -2.75.